The molecule has 1 aliphatic carbocycles. The molecule has 2 N–H and O–H groups in total. The van der Waals surface area contributed by atoms with Crippen molar-refractivity contribution in [3.63, 3.8) is 0 Å². The first-order valence-electron chi connectivity index (χ1n) is 5.16. The Balaban J connectivity index is 2.03. The second kappa shape index (κ2) is 5.51. The highest BCUT2D eigenvalue weighted by Crippen LogP contribution is 2.36. The summed E-state index contributed by atoms with van der Waals surface area (Å²) in [6.45, 7) is 6.02. The lowest BCUT2D eigenvalue weighted by Gasteiger charge is -2.15. The molecule has 0 amide bonds. The van der Waals surface area contributed by atoms with Crippen LogP contribution in [0.5, 0.6) is 0 Å². The standard InChI is InChI=1S/C10H20N2OS/c1-7-4-9(7)5-11-10(14)12-8(2)6-13-3/h7-9H,4-6H2,1-3H3,(H2,11,12,14). The van der Waals surface area contributed by atoms with Crippen LogP contribution in [0.25, 0.3) is 0 Å². The van der Waals surface area contributed by atoms with Gasteiger partial charge in [0.25, 0.3) is 0 Å². The summed E-state index contributed by atoms with van der Waals surface area (Å²) in [5.74, 6) is 1.70. The van der Waals surface area contributed by atoms with Gasteiger partial charge in [0.05, 0.1) is 6.61 Å². The predicted molar refractivity (Wildman–Crippen MR) is 62.3 cm³/mol. The second-order valence-corrected chi connectivity index (χ2v) is 4.59. The zero-order valence-electron chi connectivity index (χ0n) is 9.17. The van der Waals surface area contributed by atoms with E-state index in [-0.39, 0.29) is 6.04 Å². The van der Waals surface area contributed by atoms with Gasteiger partial charge in [0.2, 0.25) is 0 Å². The Morgan fingerprint density at radius 1 is 1.64 bits per heavy atom. The first-order chi connectivity index (χ1) is 6.63. The molecule has 3 atom stereocenters. The quantitative estimate of drug-likeness (QED) is 0.675. The third kappa shape index (κ3) is 4.24. The maximum Gasteiger partial charge on any atom is 0.166 e. The SMILES string of the molecule is COCC(C)NC(=S)NCC1CC1C. The van der Waals surface area contributed by atoms with E-state index in [2.05, 4.69) is 24.5 Å². The van der Waals surface area contributed by atoms with Crippen molar-refractivity contribution in [1.82, 2.24) is 10.6 Å². The van der Waals surface area contributed by atoms with Gasteiger partial charge in [0, 0.05) is 19.7 Å². The number of hydrogen-bond acceptors (Lipinski definition) is 2. The lowest BCUT2D eigenvalue weighted by molar-refractivity contribution is 0.179. The summed E-state index contributed by atoms with van der Waals surface area (Å²) in [6.07, 6.45) is 1.34. The van der Waals surface area contributed by atoms with Gasteiger partial charge < -0.3 is 15.4 Å². The van der Waals surface area contributed by atoms with Gasteiger partial charge in [-0.1, -0.05) is 6.92 Å². The van der Waals surface area contributed by atoms with Crippen molar-refractivity contribution in [2.24, 2.45) is 11.8 Å². The minimum absolute atomic E-state index is 0.275. The molecular formula is C10H20N2OS. The largest absolute Gasteiger partial charge is 0.383 e. The molecule has 0 spiro atoms. The highest BCUT2D eigenvalue weighted by Gasteiger charge is 2.31. The van der Waals surface area contributed by atoms with Crippen LogP contribution in [0.1, 0.15) is 20.3 Å². The zero-order chi connectivity index (χ0) is 10.6. The summed E-state index contributed by atoms with van der Waals surface area (Å²) in [5.41, 5.74) is 0. The van der Waals surface area contributed by atoms with Crippen molar-refractivity contribution < 1.29 is 4.74 Å². The Morgan fingerprint density at radius 2 is 2.29 bits per heavy atom. The van der Waals surface area contributed by atoms with Crippen LogP contribution >= 0.6 is 12.2 Å². The van der Waals surface area contributed by atoms with Gasteiger partial charge >= 0.3 is 0 Å². The third-order valence-corrected chi connectivity index (χ3v) is 2.86. The molecule has 0 saturated heterocycles. The zero-order valence-corrected chi connectivity index (χ0v) is 9.99. The van der Waals surface area contributed by atoms with Crippen molar-refractivity contribution >= 4 is 17.3 Å². The average molecular weight is 216 g/mol. The van der Waals surface area contributed by atoms with E-state index in [1.807, 2.05) is 0 Å². The average Bonchev–Trinajstić information content (AvgIpc) is 2.79. The summed E-state index contributed by atoms with van der Waals surface area (Å²) in [7, 11) is 1.69. The maximum atomic E-state index is 5.15. The number of methoxy groups -OCH3 is 1. The topological polar surface area (TPSA) is 33.3 Å². The van der Waals surface area contributed by atoms with Crippen LogP contribution < -0.4 is 10.6 Å². The van der Waals surface area contributed by atoms with Crippen LogP contribution in [0.3, 0.4) is 0 Å². The van der Waals surface area contributed by atoms with Crippen molar-refractivity contribution in [3.05, 3.63) is 0 Å². The Kier molecular flexibility index (Phi) is 4.62. The molecule has 1 aliphatic rings. The number of ether oxygens (including phenoxy) is 1. The Labute approximate surface area is 91.6 Å². The van der Waals surface area contributed by atoms with Crippen molar-refractivity contribution in [2.45, 2.75) is 26.3 Å². The smallest absolute Gasteiger partial charge is 0.166 e. The summed E-state index contributed by atoms with van der Waals surface area (Å²) in [6, 6.07) is 0.275. The molecule has 0 heterocycles. The highest BCUT2D eigenvalue weighted by molar-refractivity contribution is 7.80. The van der Waals surface area contributed by atoms with Crippen LogP contribution in [-0.4, -0.2) is 31.4 Å². The van der Waals surface area contributed by atoms with Crippen molar-refractivity contribution in [3.8, 4) is 0 Å². The van der Waals surface area contributed by atoms with E-state index in [0.29, 0.717) is 6.61 Å². The first-order valence-corrected chi connectivity index (χ1v) is 5.57. The lowest BCUT2D eigenvalue weighted by atomic mass is 10.3. The van der Waals surface area contributed by atoms with Gasteiger partial charge in [-0.25, -0.2) is 0 Å². The van der Waals surface area contributed by atoms with Crippen LogP contribution in [0.15, 0.2) is 0 Å². The van der Waals surface area contributed by atoms with Gasteiger partial charge in [-0.3, -0.25) is 0 Å². The Bertz CT molecular complexity index is 199. The molecule has 0 aliphatic heterocycles. The highest BCUT2D eigenvalue weighted by atomic mass is 32.1. The van der Waals surface area contributed by atoms with E-state index >= 15 is 0 Å². The van der Waals surface area contributed by atoms with Crippen LogP contribution in [0, 0.1) is 11.8 Å². The third-order valence-electron chi connectivity index (χ3n) is 2.60. The van der Waals surface area contributed by atoms with Gasteiger partial charge in [0.15, 0.2) is 5.11 Å². The van der Waals surface area contributed by atoms with E-state index < -0.39 is 0 Å². The normalized spacial score (nSPS) is 26.8. The number of thiocarbonyl (C=S) groups is 1. The first kappa shape index (κ1) is 11.7. The molecule has 4 heteroatoms. The minimum Gasteiger partial charge on any atom is -0.383 e. The fourth-order valence-corrected chi connectivity index (χ4v) is 1.76. The number of rotatable bonds is 5. The molecular weight excluding hydrogens is 196 g/mol. The Morgan fingerprint density at radius 3 is 2.79 bits per heavy atom. The van der Waals surface area contributed by atoms with Crippen molar-refractivity contribution in [2.75, 3.05) is 20.3 Å². The summed E-state index contributed by atoms with van der Waals surface area (Å²) >= 11 is 5.15. The Hall–Kier alpha value is -0.350. The second-order valence-electron chi connectivity index (χ2n) is 4.18. The van der Waals surface area contributed by atoms with Crippen LogP contribution in [0.2, 0.25) is 0 Å². The van der Waals surface area contributed by atoms with E-state index in [4.69, 9.17) is 17.0 Å². The summed E-state index contributed by atoms with van der Waals surface area (Å²) in [5, 5.41) is 7.15. The number of nitrogens with one attached hydrogen (secondary N) is 2. The van der Waals surface area contributed by atoms with Crippen molar-refractivity contribution in [1.29, 1.82) is 0 Å². The van der Waals surface area contributed by atoms with E-state index in [0.717, 1.165) is 23.5 Å². The van der Waals surface area contributed by atoms with E-state index in [9.17, 15) is 0 Å². The fourth-order valence-electron chi connectivity index (χ4n) is 1.47. The molecule has 1 saturated carbocycles. The maximum absolute atomic E-state index is 5.15. The van der Waals surface area contributed by atoms with E-state index in [1.54, 1.807) is 7.11 Å². The molecule has 82 valence electrons. The molecule has 14 heavy (non-hydrogen) atoms. The van der Waals surface area contributed by atoms with Crippen LogP contribution in [0.4, 0.5) is 0 Å². The van der Waals surface area contributed by atoms with Gasteiger partial charge in [-0.15, -0.1) is 0 Å². The van der Waals surface area contributed by atoms with Gasteiger partial charge in [0.1, 0.15) is 0 Å². The molecule has 3 unspecified atom stereocenters. The predicted octanol–water partition coefficient (Wildman–Crippen LogP) is 1.14. The lowest BCUT2D eigenvalue weighted by Crippen LogP contribution is -2.43. The summed E-state index contributed by atoms with van der Waals surface area (Å²) in [4.78, 5) is 0. The molecule has 3 nitrogen and oxygen atoms in total. The molecule has 0 bridgehead atoms. The molecule has 1 fully saturated rings. The fraction of sp³-hybridized carbons (Fsp3) is 0.900. The summed E-state index contributed by atoms with van der Waals surface area (Å²) < 4.78 is 5.01. The monoisotopic (exact) mass is 216 g/mol. The molecule has 0 radical (unpaired) electrons. The molecule has 0 aromatic carbocycles. The minimum atomic E-state index is 0.275. The number of hydrogen-bond donors (Lipinski definition) is 2. The van der Waals surface area contributed by atoms with Gasteiger partial charge in [-0.2, -0.15) is 0 Å². The molecule has 0 aromatic heterocycles. The van der Waals surface area contributed by atoms with Crippen LogP contribution in [-0.2, 0) is 4.74 Å². The van der Waals surface area contributed by atoms with E-state index in [1.165, 1.54) is 6.42 Å². The van der Waals surface area contributed by atoms with Gasteiger partial charge in [-0.05, 0) is 37.4 Å². The molecule has 0 aromatic rings. The molecule has 1 rings (SSSR count).